The zero-order valence-corrected chi connectivity index (χ0v) is 12.0. The Balaban J connectivity index is 1.81. The molecule has 0 fully saturated rings. The van der Waals surface area contributed by atoms with Crippen LogP contribution in [0.15, 0.2) is 48.7 Å². The van der Waals surface area contributed by atoms with E-state index in [1.807, 2.05) is 42.5 Å². The molecule has 0 saturated heterocycles. The van der Waals surface area contributed by atoms with Crippen molar-refractivity contribution >= 4 is 38.9 Å². The van der Waals surface area contributed by atoms with Crippen molar-refractivity contribution in [1.29, 1.82) is 0 Å². The minimum atomic E-state index is -0.165. The molecule has 100 valence electrons. The fourth-order valence-electron chi connectivity index (χ4n) is 1.91. The number of benzene rings is 1. The van der Waals surface area contributed by atoms with Crippen LogP contribution in [0.2, 0.25) is 5.02 Å². The highest BCUT2D eigenvalue weighted by atomic mass is 35.5. The molecule has 20 heavy (non-hydrogen) atoms. The molecule has 2 aromatic heterocycles. The van der Waals surface area contributed by atoms with Gasteiger partial charge in [0.2, 0.25) is 0 Å². The normalized spacial score (nSPS) is 10.7. The summed E-state index contributed by atoms with van der Waals surface area (Å²) in [6.07, 6.45) is 1.70. The molecule has 0 spiro atoms. The molecule has 3 nitrogen and oxygen atoms in total. The number of hydrogen-bond acceptors (Lipinski definition) is 3. The molecule has 0 aliphatic rings. The first-order chi connectivity index (χ1) is 9.75. The van der Waals surface area contributed by atoms with Crippen molar-refractivity contribution in [2.24, 2.45) is 0 Å². The molecular weight excluding hydrogens is 292 g/mol. The zero-order valence-electron chi connectivity index (χ0n) is 10.5. The molecule has 0 aliphatic carbocycles. The highest BCUT2D eigenvalue weighted by Gasteiger charge is 2.16. The van der Waals surface area contributed by atoms with Crippen molar-refractivity contribution in [3.05, 3.63) is 64.3 Å². The largest absolute Gasteiger partial charge is 0.346 e. The number of aromatic nitrogens is 1. The lowest BCUT2D eigenvalue weighted by Crippen LogP contribution is -2.22. The lowest BCUT2D eigenvalue weighted by molar-refractivity contribution is 0.0954. The van der Waals surface area contributed by atoms with Gasteiger partial charge in [0.25, 0.3) is 5.91 Å². The quantitative estimate of drug-likeness (QED) is 0.798. The number of halogens is 1. The van der Waals surface area contributed by atoms with E-state index in [-0.39, 0.29) is 5.91 Å². The van der Waals surface area contributed by atoms with E-state index in [0.29, 0.717) is 16.4 Å². The fourth-order valence-corrected chi connectivity index (χ4v) is 3.35. The summed E-state index contributed by atoms with van der Waals surface area (Å²) in [6, 6.07) is 13.3. The minimum absolute atomic E-state index is 0.165. The van der Waals surface area contributed by atoms with Gasteiger partial charge in [-0.05, 0) is 18.2 Å². The number of hydrogen-bond donors (Lipinski definition) is 1. The molecule has 3 aromatic rings. The van der Waals surface area contributed by atoms with Crippen molar-refractivity contribution < 1.29 is 4.79 Å². The first-order valence-electron chi connectivity index (χ1n) is 6.11. The summed E-state index contributed by atoms with van der Waals surface area (Å²) in [7, 11) is 0. The topological polar surface area (TPSA) is 42.0 Å². The average molecular weight is 303 g/mol. The van der Waals surface area contributed by atoms with Crippen molar-refractivity contribution in [3.63, 3.8) is 0 Å². The first kappa shape index (κ1) is 13.1. The molecule has 0 unspecified atom stereocenters. The maximum absolute atomic E-state index is 12.2. The minimum Gasteiger partial charge on any atom is -0.346 e. The molecular formula is C15H11ClN2OS. The van der Waals surface area contributed by atoms with E-state index in [2.05, 4.69) is 10.3 Å². The van der Waals surface area contributed by atoms with Crippen LogP contribution in [0.3, 0.4) is 0 Å². The van der Waals surface area contributed by atoms with Crippen LogP contribution in [-0.2, 0) is 6.54 Å². The average Bonchev–Trinajstić information content (AvgIpc) is 2.84. The summed E-state index contributed by atoms with van der Waals surface area (Å²) in [5.41, 5.74) is 0.818. The fraction of sp³-hybridized carbons (Fsp3) is 0.0667. The van der Waals surface area contributed by atoms with Crippen LogP contribution in [-0.4, -0.2) is 10.9 Å². The summed E-state index contributed by atoms with van der Waals surface area (Å²) in [5.74, 6) is -0.165. The molecule has 1 N–H and O–H groups in total. The number of nitrogens with one attached hydrogen (secondary N) is 1. The van der Waals surface area contributed by atoms with Gasteiger partial charge < -0.3 is 5.32 Å². The lowest BCUT2D eigenvalue weighted by Gasteiger charge is -2.03. The summed E-state index contributed by atoms with van der Waals surface area (Å²) in [6.45, 7) is 0.393. The molecule has 0 bridgehead atoms. The first-order valence-corrected chi connectivity index (χ1v) is 7.30. The van der Waals surface area contributed by atoms with E-state index in [1.54, 1.807) is 6.20 Å². The molecule has 2 heterocycles. The number of pyridine rings is 1. The maximum atomic E-state index is 12.2. The Morgan fingerprint density at radius 1 is 1.20 bits per heavy atom. The van der Waals surface area contributed by atoms with Gasteiger partial charge in [-0.15, -0.1) is 11.3 Å². The molecule has 0 radical (unpaired) electrons. The van der Waals surface area contributed by atoms with E-state index in [9.17, 15) is 4.79 Å². The van der Waals surface area contributed by atoms with Gasteiger partial charge >= 0.3 is 0 Å². The molecule has 0 aliphatic heterocycles. The number of fused-ring (bicyclic) bond motifs is 1. The standard InChI is InChI=1S/C15H11ClN2OS/c16-13-11-6-1-2-7-12(11)20-14(13)15(19)18-9-10-5-3-4-8-17-10/h1-8H,9H2,(H,18,19). The van der Waals surface area contributed by atoms with Gasteiger partial charge in [-0.3, -0.25) is 9.78 Å². The number of thiophene rings is 1. The Hall–Kier alpha value is -1.91. The van der Waals surface area contributed by atoms with Crippen LogP contribution >= 0.6 is 22.9 Å². The second-order valence-electron chi connectivity index (χ2n) is 4.25. The van der Waals surface area contributed by atoms with Gasteiger partial charge in [0.15, 0.2) is 0 Å². The molecule has 3 rings (SSSR count). The van der Waals surface area contributed by atoms with Gasteiger partial charge in [0.1, 0.15) is 4.88 Å². The van der Waals surface area contributed by atoms with Gasteiger partial charge in [0, 0.05) is 16.3 Å². The van der Waals surface area contributed by atoms with Gasteiger partial charge in [-0.25, -0.2) is 0 Å². The Kier molecular flexibility index (Phi) is 3.67. The van der Waals surface area contributed by atoms with E-state index in [0.717, 1.165) is 15.8 Å². The number of nitrogens with zero attached hydrogens (tertiary/aromatic N) is 1. The Labute approximate surface area is 125 Å². The third kappa shape index (κ3) is 2.53. The Morgan fingerprint density at radius 2 is 2.00 bits per heavy atom. The van der Waals surface area contributed by atoms with Gasteiger partial charge in [-0.1, -0.05) is 35.9 Å². The van der Waals surface area contributed by atoms with E-state index in [1.165, 1.54) is 11.3 Å². The van der Waals surface area contributed by atoms with E-state index in [4.69, 9.17) is 11.6 Å². The van der Waals surface area contributed by atoms with E-state index < -0.39 is 0 Å². The third-order valence-electron chi connectivity index (χ3n) is 2.90. The summed E-state index contributed by atoms with van der Waals surface area (Å²) >= 11 is 7.67. The molecule has 0 saturated carbocycles. The summed E-state index contributed by atoms with van der Waals surface area (Å²) in [5, 5.41) is 4.28. The lowest BCUT2D eigenvalue weighted by atomic mass is 10.2. The van der Waals surface area contributed by atoms with E-state index >= 15 is 0 Å². The summed E-state index contributed by atoms with van der Waals surface area (Å²) < 4.78 is 1.01. The molecule has 0 atom stereocenters. The Bertz CT molecular complexity index is 755. The summed E-state index contributed by atoms with van der Waals surface area (Å²) in [4.78, 5) is 16.9. The van der Waals surface area contributed by atoms with Crippen molar-refractivity contribution in [2.75, 3.05) is 0 Å². The number of carbonyl (C=O) groups is 1. The van der Waals surface area contributed by atoms with Crippen LogP contribution in [0.1, 0.15) is 15.4 Å². The zero-order chi connectivity index (χ0) is 13.9. The number of amides is 1. The predicted molar refractivity (Wildman–Crippen MR) is 82.2 cm³/mol. The highest BCUT2D eigenvalue weighted by Crippen LogP contribution is 2.34. The molecule has 5 heteroatoms. The predicted octanol–water partition coefficient (Wildman–Crippen LogP) is 3.88. The SMILES string of the molecule is O=C(NCc1ccccn1)c1sc2ccccc2c1Cl. The van der Waals surface area contributed by atoms with Crippen LogP contribution in [0.5, 0.6) is 0 Å². The van der Waals surface area contributed by atoms with Crippen molar-refractivity contribution in [3.8, 4) is 0 Å². The van der Waals surface area contributed by atoms with Gasteiger partial charge in [0.05, 0.1) is 17.3 Å². The number of carbonyl (C=O) groups excluding carboxylic acids is 1. The second kappa shape index (κ2) is 5.61. The van der Waals surface area contributed by atoms with Crippen LogP contribution < -0.4 is 5.32 Å². The monoisotopic (exact) mass is 302 g/mol. The van der Waals surface area contributed by atoms with Crippen molar-refractivity contribution in [1.82, 2.24) is 10.3 Å². The smallest absolute Gasteiger partial charge is 0.263 e. The Morgan fingerprint density at radius 3 is 2.75 bits per heavy atom. The number of rotatable bonds is 3. The maximum Gasteiger partial charge on any atom is 0.263 e. The second-order valence-corrected chi connectivity index (χ2v) is 5.68. The van der Waals surface area contributed by atoms with Crippen LogP contribution in [0.25, 0.3) is 10.1 Å². The van der Waals surface area contributed by atoms with Crippen molar-refractivity contribution in [2.45, 2.75) is 6.54 Å². The van der Waals surface area contributed by atoms with Crippen LogP contribution in [0, 0.1) is 0 Å². The van der Waals surface area contributed by atoms with Gasteiger partial charge in [-0.2, -0.15) is 0 Å². The molecule has 1 amide bonds. The highest BCUT2D eigenvalue weighted by molar-refractivity contribution is 7.21. The third-order valence-corrected chi connectivity index (χ3v) is 4.57. The van der Waals surface area contributed by atoms with Crippen LogP contribution in [0.4, 0.5) is 0 Å². The molecule has 1 aromatic carbocycles.